The Balaban J connectivity index is 1.99. The number of nitrogens with one attached hydrogen (secondary N) is 1. The maximum atomic E-state index is 13.5. The quantitative estimate of drug-likeness (QED) is 0.659. The van der Waals surface area contributed by atoms with Crippen LogP contribution in [-0.4, -0.2) is 52.8 Å². The molecule has 1 atom stereocenters. The molecule has 0 heterocycles. The van der Waals surface area contributed by atoms with Gasteiger partial charge in [0.1, 0.15) is 5.82 Å². The highest BCUT2D eigenvalue weighted by Crippen LogP contribution is 2.38. The van der Waals surface area contributed by atoms with Crippen molar-refractivity contribution in [3.63, 3.8) is 0 Å². The minimum absolute atomic E-state index is 0.0815. The molecule has 6 nitrogen and oxygen atoms in total. The predicted octanol–water partition coefficient (Wildman–Crippen LogP) is 3.20. The fourth-order valence-electron chi connectivity index (χ4n) is 3.15. The molecule has 0 saturated heterocycles. The van der Waals surface area contributed by atoms with Crippen LogP contribution in [0.15, 0.2) is 36.4 Å². The number of amides is 1. The molecule has 2 aromatic rings. The van der Waals surface area contributed by atoms with Gasteiger partial charge in [-0.25, -0.2) is 4.39 Å². The zero-order valence-electron chi connectivity index (χ0n) is 17.6. The summed E-state index contributed by atoms with van der Waals surface area (Å²) in [5, 5.41) is 2.94. The fourth-order valence-corrected chi connectivity index (χ4v) is 3.15. The van der Waals surface area contributed by atoms with Crippen molar-refractivity contribution < 1.29 is 23.4 Å². The third-order valence-electron chi connectivity index (χ3n) is 4.71. The van der Waals surface area contributed by atoms with Gasteiger partial charge in [0.25, 0.3) is 0 Å². The molecule has 0 saturated carbocycles. The van der Waals surface area contributed by atoms with E-state index in [-0.39, 0.29) is 17.8 Å². The van der Waals surface area contributed by atoms with E-state index in [1.807, 2.05) is 37.2 Å². The van der Waals surface area contributed by atoms with Crippen molar-refractivity contribution in [1.29, 1.82) is 0 Å². The fraction of sp³-hybridized carbons (Fsp3) is 0.409. The van der Waals surface area contributed by atoms with Crippen molar-refractivity contribution in [2.45, 2.75) is 18.9 Å². The van der Waals surface area contributed by atoms with Crippen LogP contribution < -0.4 is 19.5 Å². The first-order chi connectivity index (χ1) is 13.9. The summed E-state index contributed by atoms with van der Waals surface area (Å²) in [6.45, 7) is 0.393. The summed E-state index contributed by atoms with van der Waals surface area (Å²) in [5.74, 6) is 1.26. The van der Waals surface area contributed by atoms with E-state index in [1.165, 1.54) is 12.1 Å². The van der Waals surface area contributed by atoms with Crippen LogP contribution in [0.3, 0.4) is 0 Å². The molecule has 0 spiro atoms. The Morgan fingerprint density at radius 2 is 1.72 bits per heavy atom. The smallest absolute Gasteiger partial charge is 0.220 e. The van der Waals surface area contributed by atoms with Gasteiger partial charge in [-0.15, -0.1) is 0 Å². The molecule has 0 fully saturated rings. The van der Waals surface area contributed by atoms with Gasteiger partial charge >= 0.3 is 0 Å². The van der Waals surface area contributed by atoms with Crippen molar-refractivity contribution >= 4 is 5.91 Å². The number of rotatable bonds is 10. The van der Waals surface area contributed by atoms with Crippen LogP contribution in [0.4, 0.5) is 4.39 Å². The van der Waals surface area contributed by atoms with Crippen molar-refractivity contribution in [1.82, 2.24) is 10.2 Å². The average molecular weight is 404 g/mol. The van der Waals surface area contributed by atoms with E-state index in [2.05, 4.69) is 5.32 Å². The molecule has 0 aromatic heterocycles. The average Bonchev–Trinajstić information content (AvgIpc) is 2.71. The maximum absolute atomic E-state index is 13.5. The number of hydrogen-bond donors (Lipinski definition) is 1. The summed E-state index contributed by atoms with van der Waals surface area (Å²) in [5.41, 5.74) is 1.73. The van der Waals surface area contributed by atoms with Crippen molar-refractivity contribution in [3.8, 4) is 17.2 Å². The van der Waals surface area contributed by atoms with Crippen LogP contribution in [0.1, 0.15) is 23.6 Å². The van der Waals surface area contributed by atoms with Crippen LogP contribution >= 0.6 is 0 Å². The van der Waals surface area contributed by atoms with Gasteiger partial charge in [0.15, 0.2) is 11.5 Å². The molecule has 7 heteroatoms. The van der Waals surface area contributed by atoms with Crippen LogP contribution in [0, 0.1) is 5.82 Å². The zero-order chi connectivity index (χ0) is 21.4. The molecule has 0 aliphatic carbocycles. The summed E-state index contributed by atoms with van der Waals surface area (Å²) in [7, 11) is 8.46. The largest absolute Gasteiger partial charge is 0.493 e. The lowest BCUT2D eigenvalue weighted by molar-refractivity contribution is -0.121. The van der Waals surface area contributed by atoms with E-state index < -0.39 is 0 Å². The SMILES string of the molecule is COc1cc(CCC(=O)NCC(c2cccc(F)c2)N(C)C)cc(OC)c1OC. The Bertz CT molecular complexity index is 801. The van der Waals surface area contributed by atoms with Gasteiger partial charge in [-0.3, -0.25) is 4.79 Å². The molecule has 0 aliphatic heterocycles. The molecule has 0 radical (unpaired) electrons. The van der Waals surface area contributed by atoms with Crippen molar-refractivity contribution in [3.05, 3.63) is 53.3 Å². The van der Waals surface area contributed by atoms with Gasteiger partial charge in [-0.2, -0.15) is 0 Å². The number of hydrogen-bond acceptors (Lipinski definition) is 5. The van der Waals surface area contributed by atoms with Crippen molar-refractivity contribution in [2.75, 3.05) is 42.0 Å². The number of nitrogens with zero attached hydrogens (tertiary/aromatic N) is 1. The Kier molecular flexibility index (Phi) is 8.27. The molecule has 2 aromatic carbocycles. The molecule has 1 amide bonds. The summed E-state index contributed by atoms with van der Waals surface area (Å²) in [6.07, 6.45) is 0.830. The standard InChI is InChI=1S/C22H29FN2O4/c1-25(2)18(16-7-6-8-17(23)13-16)14-24-21(26)10-9-15-11-19(27-3)22(29-5)20(12-15)28-4/h6-8,11-13,18H,9-10,14H2,1-5H3,(H,24,26). The molecule has 0 aliphatic rings. The summed E-state index contributed by atoms with van der Waals surface area (Å²) < 4.78 is 29.6. The number of benzene rings is 2. The van der Waals surface area contributed by atoms with Crippen molar-refractivity contribution in [2.24, 2.45) is 0 Å². The van der Waals surface area contributed by atoms with E-state index in [4.69, 9.17) is 14.2 Å². The van der Waals surface area contributed by atoms with E-state index in [0.717, 1.165) is 11.1 Å². The second-order valence-electron chi connectivity index (χ2n) is 6.87. The Morgan fingerprint density at radius 1 is 1.07 bits per heavy atom. The first-order valence-corrected chi connectivity index (χ1v) is 9.37. The third kappa shape index (κ3) is 6.09. The lowest BCUT2D eigenvalue weighted by atomic mass is 10.1. The first kappa shape index (κ1) is 22.5. The van der Waals surface area contributed by atoms with E-state index in [9.17, 15) is 9.18 Å². The number of halogens is 1. The Hall–Kier alpha value is -2.80. The number of carbonyl (C=O) groups excluding carboxylic acids is 1. The zero-order valence-corrected chi connectivity index (χ0v) is 17.6. The number of methoxy groups -OCH3 is 3. The van der Waals surface area contributed by atoms with Crippen LogP contribution in [0.5, 0.6) is 17.2 Å². The minimum atomic E-state index is -0.289. The first-order valence-electron chi connectivity index (χ1n) is 9.37. The van der Waals surface area contributed by atoms with E-state index in [0.29, 0.717) is 36.6 Å². The van der Waals surface area contributed by atoms with Crippen LogP contribution in [0.2, 0.25) is 0 Å². The topological polar surface area (TPSA) is 60.0 Å². The minimum Gasteiger partial charge on any atom is -0.493 e. The highest BCUT2D eigenvalue weighted by molar-refractivity contribution is 5.76. The highest BCUT2D eigenvalue weighted by atomic mass is 19.1. The van der Waals surface area contributed by atoms with Gasteiger partial charge in [-0.1, -0.05) is 12.1 Å². The van der Waals surface area contributed by atoms with E-state index >= 15 is 0 Å². The van der Waals surface area contributed by atoms with Crippen LogP contribution in [-0.2, 0) is 11.2 Å². The lowest BCUT2D eigenvalue weighted by Crippen LogP contribution is -2.34. The molecular weight excluding hydrogens is 375 g/mol. The highest BCUT2D eigenvalue weighted by Gasteiger charge is 2.17. The van der Waals surface area contributed by atoms with Gasteiger partial charge in [-0.05, 0) is 55.9 Å². The summed E-state index contributed by atoms with van der Waals surface area (Å²) >= 11 is 0. The number of ether oxygens (including phenoxy) is 3. The third-order valence-corrected chi connectivity index (χ3v) is 4.71. The number of carbonyl (C=O) groups is 1. The van der Waals surface area contributed by atoms with Crippen LogP contribution in [0.25, 0.3) is 0 Å². The normalized spacial score (nSPS) is 11.8. The molecule has 0 bridgehead atoms. The molecule has 1 N–H and O–H groups in total. The lowest BCUT2D eigenvalue weighted by Gasteiger charge is -2.25. The van der Waals surface area contributed by atoms with Gasteiger partial charge < -0.3 is 24.4 Å². The summed E-state index contributed by atoms with van der Waals surface area (Å²) in [6, 6.07) is 9.99. The number of aryl methyl sites for hydroxylation is 1. The second kappa shape index (κ2) is 10.7. The molecule has 2 rings (SSSR count). The molecule has 1 unspecified atom stereocenters. The number of likely N-dealkylation sites (N-methyl/N-ethyl adjacent to an activating group) is 1. The predicted molar refractivity (Wildman–Crippen MR) is 110 cm³/mol. The molecule has 29 heavy (non-hydrogen) atoms. The second-order valence-corrected chi connectivity index (χ2v) is 6.87. The maximum Gasteiger partial charge on any atom is 0.220 e. The molecular formula is C22H29FN2O4. The Labute approximate surface area is 171 Å². The summed E-state index contributed by atoms with van der Waals surface area (Å²) in [4.78, 5) is 14.3. The van der Waals surface area contributed by atoms with Gasteiger partial charge in [0.05, 0.1) is 27.4 Å². The Morgan fingerprint density at radius 3 is 2.24 bits per heavy atom. The molecule has 158 valence electrons. The van der Waals surface area contributed by atoms with E-state index in [1.54, 1.807) is 27.4 Å². The van der Waals surface area contributed by atoms with Gasteiger partial charge in [0, 0.05) is 13.0 Å². The van der Waals surface area contributed by atoms with Gasteiger partial charge in [0.2, 0.25) is 11.7 Å². The monoisotopic (exact) mass is 404 g/mol.